The highest BCUT2D eigenvalue weighted by Crippen LogP contribution is 2.45. The minimum absolute atomic E-state index is 0.0348. The van der Waals surface area contributed by atoms with Crippen LogP contribution in [0.1, 0.15) is 71.7 Å². The molecule has 0 saturated heterocycles. The van der Waals surface area contributed by atoms with Gasteiger partial charge in [-0.2, -0.15) is 0 Å². The molecule has 4 heterocycles. The molecular formula is C27H39N5O3S2. The standard InChI is InChI=1S/C25H33N5O3S2.C2H6/c1-6-15(2)27-11-8-20(31)29-23-21(22-28-17-13-26-10-7-18(17)34-22)16-9-12-30(14-19(16)35-23)24(32)33-25(3,4)5;1-2/h7,10,13,15,27H,6,8-9,11-12,14H2,1-5H3,(H,29,31);1-2H3/t15-;/m1./s1. The molecule has 0 aliphatic carbocycles. The first kappa shape index (κ1) is 29.0. The van der Waals surface area contributed by atoms with E-state index in [9.17, 15) is 9.59 Å². The number of amides is 2. The lowest BCUT2D eigenvalue weighted by atomic mass is 10.0. The molecule has 1 aliphatic heterocycles. The van der Waals surface area contributed by atoms with Gasteiger partial charge in [-0.3, -0.25) is 9.78 Å². The van der Waals surface area contributed by atoms with Crippen LogP contribution >= 0.6 is 22.7 Å². The van der Waals surface area contributed by atoms with Gasteiger partial charge >= 0.3 is 6.09 Å². The Hall–Kier alpha value is -2.56. The first-order chi connectivity index (χ1) is 17.6. The van der Waals surface area contributed by atoms with Crippen molar-refractivity contribution in [2.75, 3.05) is 18.4 Å². The van der Waals surface area contributed by atoms with Crippen LogP contribution in [-0.2, 0) is 22.5 Å². The van der Waals surface area contributed by atoms with Gasteiger partial charge in [-0.1, -0.05) is 20.8 Å². The molecule has 0 unspecified atom stereocenters. The number of carbonyl (C=O) groups is 2. The topological polar surface area (TPSA) is 96.5 Å². The molecule has 3 aromatic rings. The molecule has 0 saturated carbocycles. The van der Waals surface area contributed by atoms with Gasteiger partial charge < -0.3 is 20.3 Å². The van der Waals surface area contributed by atoms with Gasteiger partial charge in [-0.25, -0.2) is 9.78 Å². The molecule has 3 aromatic heterocycles. The lowest BCUT2D eigenvalue weighted by Gasteiger charge is -2.30. The lowest BCUT2D eigenvalue weighted by Crippen LogP contribution is -2.39. The Labute approximate surface area is 227 Å². The Morgan fingerprint density at radius 2 is 2.00 bits per heavy atom. The molecular weight excluding hydrogens is 506 g/mol. The average Bonchev–Trinajstić information content (AvgIpc) is 3.44. The first-order valence-corrected chi connectivity index (χ1v) is 14.6. The zero-order valence-corrected chi connectivity index (χ0v) is 24.6. The first-order valence-electron chi connectivity index (χ1n) is 13.0. The maximum absolute atomic E-state index is 12.8. The number of pyridine rings is 1. The maximum Gasteiger partial charge on any atom is 0.410 e. The molecule has 0 aromatic carbocycles. The van der Waals surface area contributed by atoms with Gasteiger partial charge in [0.15, 0.2) is 0 Å². The van der Waals surface area contributed by atoms with Crippen molar-refractivity contribution in [1.29, 1.82) is 0 Å². The van der Waals surface area contributed by atoms with E-state index in [4.69, 9.17) is 9.72 Å². The molecule has 1 atom stereocenters. The van der Waals surface area contributed by atoms with Crippen LogP contribution in [0.5, 0.6) is 0 Å². The number of thiophene rings is 1. The van der Waals surface area contributed by atoms with Crippen LogP contribution in [0, 0.1) is 0 Å². The number of rotatable bonds is 7. The van der Waals surface area contributed by atoms with E-state index in [0.29, 0.717) is 38.5 Å². The number of aromatic nitrogens is 2. The van der Waals surface area contributed by atoms with E-state index in [1.807, 2.05) is 40.7 Å². The third kappa shape index (κ3) is 7.49. The van der Waals surface area contributed by atoms with E-state index >= 15 is 0 Å². The van der Waals surface area contributed by atoms with E-state index in [0.717, 1.165) is 42.7 Å². The van der Waals surface area contributed by atoms with Crippen LogP contribution in [0.25, 0.3) is 20.8 Å². The summed E-state index contributed by atoms with van der Waals surface area (Å²) in [5.74, 6) is -0.0348. The number of hydrogen-bond acceptors (Lipinski definition) is 8. The molecule has 202 valence electrons. The minimum atomic E-state index is -0.546. The second kappa shape index (κ2) is 12.8. The summed E-state index contributed by atoms with van der Waals surface area (Å²) in [6, 6.07) is 2.33. The normalized spacial score (nSPS) is 14.0. The summed E-state index contributed by atoms with van der Waals surface area (Å²) < 4.78 is 6.64. The molecule has 0 spiro atoms. The molecule has 4 rings (SSSR count). The van der Waals surface area contributed by atoms with E-state index < -0.39 is 5.60 Å². The van der Waals surface area contributed by atoms with Gasteiger partial charge in [0.25, 0.3) is 0 Å². The van der Waals surface area contributed by atoms with Gasteiger partial charge in [0.2, 0.25) is 5.91 Å². The number of ether oxygens (including phenoxy) is 1. The van der Waals surface area contributed by atoms with E-state index in [1.54, 1.807) is 28.6 Å². The molecule has 37 heavy (non-hydrogen) atoms. The van der Waals surface area contributed by atoms with Crippen molar-refractivity contribution in [3.63, 3.8) is 0 Å². The second-order valence-electron chi connectivity index (χ2n) is 9.78. The number of anilines is 1. The summed E-state index contributed by atoms with van der Waals surface area (Å²) in [5.41, 5.74) is 2.41. The summed E-state index contributed by atoms with van der Waals surface area (Å²) in [5, 5.41) is 8.16. The van der Waals surface area contributed by atoms with E-state index in [-0.39, 0.29) is 12.0 Å². The van der Waals surface area contributed by atoms with Crippen molar-refractivity contribution in [2.45, 2.75) is 85.9 Å². The molecule has 0 bridgehead atoms. The number of nitrogens with one attached hydrogen (secondary N) is 2. The smallest absolute Gasteiger partial charge is 0.410 e. The van der Waals surface area contributed by atoms with Gasteiger partial charge in [0.1, 0.15) is 21.1 Å². The third-order valence-electron chi connectivity index (χ3n) is 5.82. The molecule has 1 aliphatic rings. The average molecular weight is 546 g/mol. The molecule has 2 N–H and O–H groups in total. The Balaban J connectivity index is 0.00000186. The second-order valence-corrected chi connectivity index (χ2v) is 11.9. The van der Waals surface area contributed by atoms with Gasteiger partial charge in [0, 0.05) is 42.2 Å². The van der Waals surface area contributed by atoms with Crippen molar-refractivity contribution < 1.29 is 14.3 Å². The molecule has 2 amide bonds. The lowest BCUT2D eigenvalue weighted by molar-refractivity contribution is -0.116. The Morgan fingerprint density at radius 1 is 1.24 bits per heavy atom. The fourth-order valence-corrected chi connectivity index (χ4v) is 6.21. The largest absolute Gasteiger partial charge is 0.444 e. The van der Waals surface area contributed by atoms with E-state index in [1.165, 1.54) is 11.3 Å². The van der Waals surface area contributed by atoms with Crippen molar-refractivity contribution in [1.82, 2.24) is 20.2 Å². The van der Waals surface area contributed by atoms with Crippen LogP contribution in [0.2, 0.25) is 0 Å². The Bertz CT molecular complexity index is 1180. The van der Waals surface area contributed by atoms with Crippen molar-refractivity contribution >= 4 is 49.9 Å². The van der Waals surface area contributed by atoms with Crippen LogP contribution < -0.4 is 10.6 Å². The van der Waals surface area contributed by atoms with Gasteiger partial charge in [0.05, 0.1) is 17.4 Å². The summed E-state index contributed by atoms with van der Waals surface area (Å²) in [4.78, 5) is 37.3. The van der Waals surface area contributed by atoms with Crippen molar-refractivity contribution in [2.24, 2.45) is 0 Å². The third-order valence-corrected chi connectivity index (χ3v) is 8.01. The quantitative estimate of drug-likeness (QED) is 0.354. The monoisotopic (exact) mass is 545 g/mol. The molecule has 0 radical (unpaired) electrons. The number of fused-ring (bicyclic) bond motifs is 2. The number of hydrogen-bond donors (Lipinski definition) is 2. The minimum Gasteiger partial charge on any atom is -0.444 e. The van der Waals surface area contributed by atoms with Crippen molar-refractivity contribution in [3.8, 4) is 10.6 Å². The molecule has 8 nitrogen and oxygen atoms in total. The van der Waals surface area contributed by atoms with Gasteiger partial charge in [-0.05, 0) is 52.2 Å². The molecule has 0 fully saturated rings. The van der Waals surface area contributed by atoms with Crippen LogP contribution in [0.4, 0.5) is 9.80 Å². The van der Waals surface area contributed by atoms with Gasteiger partial charge in [-0.15, -0.1) is 22.7 Å². The highest BCUT2D eigenvalue weighted by molar-refractivity contribution is 7.22. The number of thiazole rings is 1. The Morgan fingerprint density at radius 3 is 2.68 bits per heavy atom. The predicted octanol–water partition coefficient (Wildman–Crippen LogP) is 6.46. The predicted molar refractivity (Wildman–Crippen MR) is 153 cm³/mol. The number of nitrogens with zero attached hydrogens (tertiary/aromatic N) is 3. The van der Waals surface area contributed by atoms with Crippen LogP contribution in [0.15, 0.2) is 18.5 Å². The fourth-order valence-electron chi connectivity index (χ4n) is 3.85. The summed E-state index contributed by atoms with van der Waals surface area (Å²) in [6.45, 7) is 15.5. The fraction of sp³-hybridized carbons (Fsp3) is 0.556. The SMILES string of the molecule is CC.CC[C@@H](C)NCCC(=O)Nc1sc2c(c1-c1nc3cnccc3s1)CCN(C(=O)OC(C)(C)C)C2. The van der Waals surface area contributed by atoms with Crippen LogP contribution in [-0.4, -0.2) is 51.6 Å². The zero-order valence-electron chi connectivity index (χ0n) is 22.9. The number of carbonyl (C=O) groups excluding carboxylic acids is 2. The van der Waals surface area contributed by atoms with Crippen LogP contribution in [0.3, 0.4) is 0 Å². The van der Waals surface area contributed by atoms with E-state index in [2.05, 4.69) is 29.5 Å². The maximum atomic E-state index is 12.8. The summed E-state index contributed by atoms with van der Waals surface area (Å²) in [6.07, 6.45) is 5.30. The Kier molecular flexibility index (Phi) is 10.0. The zero-order chi connectivity index (χ0) is 27.2. The van der Waals surface area contributed by atoms with Crippen molar-refractivity contribution in [3.05, 3.63) is 28.9 Å². The highest BCUT2D eigenvalue weighted by Gasteiger charge is 2.31. The summed E-state index contributed by atoms with van der Waals surface area (Å²) >= 11 is 3.12. The molecule has 10 heteroatoms. The summed E-state index contributed by atoms with van der Waals surface area (Å²) in [7, 11) is 0. The highest BCUT2D eigenvalue weighted by atomic mass is 32.1.